The topological polar surface area (TPSA) is 125 Å². The van der Waals surface area contributed by atoms with Crippen LogP contribution < -0.4 is 15.4 Å². The number of benzene rings is 1. The summed E-state index contributed by atoms with van der Waals surface area (Å²) in [4.78, 5) is 38.8. The van der Waals surface area contributed by atoms with Crippen molar-refractivity contribution in [2.75, 3.05) is 25.5 Å². The van der Waals surface area contributed by atoms with Gasteiger partial charge in [0.1, 0.15) is 10.4 Å². The van der Waals surface area contributed by atoms with Gasteiger partial charge < -0.3 is 15.5 Å². The van der Waals surface area contributed by atoms with Gasteiger partial charge in [-0.25, -0.2) is 13.1 Å². The van der Waals surface area contributed by atoms with Crippen molar-refractivity contribution in [3.05, 3.63) is 36.9 Å². The van der Waals surface area contributed by atoms with Crippen molar-refractivity contribution in [3.8, 4) is 0 Å². The molecule has 1 aliphatic carbocycles. The van der Waals surface area contributed by atoms with Crippen molar-refractivity contribution < 1.29 is 22.8 Å². The average Bonchev–Trinajstić information content (AvgIpc) is 3.43. The summed E-state index contributed by atoms with van der Waals surface area (Å²) in [7, 11) is -2.58. The molecule has 1 aromatic rings. The summed E-state index contributed by atoms with van der Waals surface area (Å²) >= 11 is 0. The molecule has 0 aromatic heterocycles. The summed E-state index contributed by atoms with van der Waals surface area (Å²) in [6.45, 7) is 3.99. The Bertz CT molecular complexity index is 977. The Hall–Kier alpha value is -2.88. The number of carbonyl (C=O) groups is 3. The minimum atomic E-state index is -4.16. The lowest BCUT2D eigenvalue weighted by molar-refractivity contribution is -0.138. The standard InChI is InChI=1S/C20H26N4O5S/c1-3-14-12-20(14,22-17(25)13-24-11-7-6-10-18(24)26)19(27)23-30(28,29)16-9-5-4-8-15(16)21-2/h3-5,8-9,14,21H,1,6-7,10-13H2,2H3,(H,22,25)(H,23,27)/t14-,20-/m1/s1. The van der Waals surface area contributed by atoms with Gasteiger partial charge in [0.25, 0.3) is 15.9 Å². The fraction of sp³-hybridized carbons (Fsp3) is 0.450. The lowest BCUT2D eigenvalue weighted by Crippen LogP contribution is -2.54. The maximum absolute atomic E-state index is 12.9. The molecule has 0 unspecified atom stereocenters. The minimum absolute atomic E-state index is 0.0722. The van der Waals surface area contributed by atoms with E-state index in [4.69, 9.17) is 0 Å². The number of carbonyl (C=O) groups excluding carboxylic acids is 3. The smallest absolute Gasteiger partial charge is 0.266 e. The van der Waals surface area contributed by atoms with Crippen LogP contribution in [0.4, 0.5) is 5.69 Å². The van der Waals surface area contributed by atoms with Crippen LogP contribution in [0.5, 0.6) is 0 Å². The van der Waals surface area contributed by atoms with Gasteiger partial charge in [0.05, 0.1) is 12.2 Å². The highest BCUT2D eigenvalue weighted by atomic mass is 32.2. The summed E-state index contributed by atoms with van der Waals surface area (Å²) in [5, 5.41) is 5.42. The molecule has 2 fully saturated rings. The summed E-state index contributed by atoms with van der Waals surface area (Å²) in [5.41, 5.74) is -1.05. The molecule has 10 heteroatoms. The number of hydrogen-bond acceptors (Lipinski definition) is 6. The number of amides is 3. The van der Waals surface area contributed by atoms with E-state index in [0.29, 0.717) is 18.7 Å². The number of piperidine rings is 1. The van der Waals surface area contributed by atoms with Gasteiger partial charge >= 0.3 is 0 Å². The SMILES string of the molecule is C=C[C@@H]1C[C@]1(NC(=O)CN1CCCCC1=O)C(=O)NS(=O)(=O)c1ccccc1NC. The van der Waals surface area contributed by atoms with E-state index in [1.54, 1.807) is 25.2 Å². The predicted octanol–water partition coefficient (Wildman–Crippen LogP) is 0.607. The number of para-hydroxylation sites is 1. The van der Waals surface area contributed by atoms with Gasteiger partial charge in [0.2, 0.25) is 11.8 Å². The molecule has 30 heavy (non-hydrogen) atoms. The van der Waals surface area contributed by atoms with Gasteiger partial charge in [-0.15, -0.1) is 6.58 Å². The van der Waals surface area contributed by atoms with Crippen LogP contribution >= 0.6 is 0 Å². The third kappa shape index (κ3) is 4.33. The van der Waals surface area contributed by atoms with Gasteiger partial charge in [-0.3, -0.25) is 14.4 Å². The van der Waals surface area contributed by atoms with E-state index in [2.05, 4.69) is 21.9 Å². The van der Waals surface area contributed by atoms with Gasteiger partial charge in [0.15, 0.2) is 0 Å². The summed E-state index contributed by atoms with van der Waals surface area (Å²) in [6, 6.07) is 6.18. The van der Waals surface area contributed by atoms with Gasteiger partial charge in [-0.1, -0.05) is 18.2 Å². The molecule has 3 amide bonds. The molecule has 0 bridgehead atoms. The zero-order valence-corrected chi connectivity index (χ0v) is 17.6. The van der Waals surface area contributed by atoms with Crippen LogP contribution in [-0.4, -0.2) is 56.7 Å². The van der Waals surface area contributed by atoms with E-state index in [1.807, 2.05) is 0 Å². The quantitative estimate of drug-likeness (QED) is 0.515. The number of nitrogens with one attached hydrogen (secondary N) is 3. The van der Waals surface area contributed by atoms with Gasteiger partial charge in [-0.05, 0) is 31.4 Å². The van der Waals surface area contributed by atoms with E-state index in [0.717, 1.165) is 12.8 Å². The zero-order valence-electron chi connectivity index (χ0n) is 16.8. The first-order valence-electron chi connectivity index (χ1n) is 9.79. The molecule has 1 saturated heterocycles. The molecule has 9 nitrogen and oxygen atoms in total. The first-order chi connectivity index (χ1) is 14.2. The van der Waals surface area contributed by atoms with Crippen LogP contribution in [0.1, 0.15) is 25.7 Å². The Balaban J connectivity index is 1.73. The van der Waals surface area contributed by atoms with E-state index in [-0.39, 0.29) is 23.8 Å². The van der Waals surface area contributed by atoms with Crippen LogP contribution in [0.25, 0.3) is 0 Å². The highest BCUT2D eigenvalue weighted by Crippen LogP contribution is 2.45. The van der Waals surface area contributed by atoms with Crippen molar-refractivity contribution in [1.82, 2.24) is 14.9 Å². The monoisotopic (exact) mass is 434 g/mol. The van der Waals surface area contributed by atoms with Crippen molar-refractivity contribution >= 4 is 33.4 Å². The number of anilines is 1. The number of likely N-dealkylation sites (tertiary alicyclic amines) is 1. The molecule has 0 spiro atoms. The highest BCUT2D eigenvalue weighted by Gasteiger charge is 2.60. The van der Waals surface area contributed by atoms with E-state index in [1.165, 1.54) is 17.0 Å². The molecule has 1 saturated carbocycles. The van der Waals surface area contributed by atoms with Crippen molar-refractivity contribution in [1.29, 1.82) is 0 Å². The van der Waals surface area contributed by atoms with Crippen molar-refractivity contribution in [3.63, 3.8) is 0 Å². The second-order valence-electron chi connectivity index (χ2n) is 7.52. The fourth-order valence-corrected chi connectivity index (χ4v) is 4.95. The number of hydrogen-bond donors (Lipinski definition) is 3. The number of sulfonamides is 1. The molecule has 3 N–H and O–H groups in total. The Morgan fingerprint density at radius 2 is 2.03 bits per heavy atom. The Kier molecular flexibility index (Phi) is 6.16. The normalized spacial score (nSPS) is 23.4. The van der Waals surface area contributed by atoms with Gasteiger partial charge in [-0.2, -0.15) is 0 Å². The molecule has 1 aliphatic heterocycles. The van der Waals surface area contributed by atoms with E-state index < -0.39 is 33.3 Å². The molecule has 162 valence electrons. The largest absolute Gasteiger partial charge is 0.387 e. The van der Waals surface area contributed by atoms with Crippen LogP contribution in [0.15, 0.2) is 41.8 Å². The third-order valence-corrected chi connectivity index (χ3v) is 6.88. The minimum Gasteiger partial charge on any atom is -0.387 e. The third-order valence-electron chi connectivity index (χ3n) is 5.50. The highest BCUT2D eigenvalue weighted by molar-refractivity contribution is 7.90. The second-order valence-corrected chi connectivity index (χ2v) is 9.17. The number of rotatable bonds is 8. The lowest BCUT2D eigenvalue weighted by atomic mass is 10.1. The maximum Gasteiger partial charge on any atom is 0.266 e. The molecule has 2 aliphatic rings. The lowest BCUT2D eigenvalue weighted by Gasteiger charge is -2.27. The van der Waals surface area contributed by atoms with E-state index >= 15 is 0 Å². The first kappa shape index (κ1) is 21.8. The Morgan fingerprint density at radius 1 is 1.30 bits per heavy atom. The molecule has 3 rings (SSSR count). The van der Waals surface area contributed by atoms with Gasteiger partial charge in [0, 0.05) is 25.9 Å². The second kappa shape index (κ2) is 8.47. The molecule has 1 aromatic carbocycles. The van der Waals surface area contributed by atoms with Crippen LogP contribution in [0, 0.1) is 5.92 Å². The van der Waals surface area contributed by atoms with Crippen LogP contribution in [-0.2, 0) is 24.4 Å². The molecular weight excluding hydrogens is 408 g/mol. The average molecular weight is 435 g/mol. The summed E-state index contributed by atoms with van der Waals surface area (Å²) in [6.07, 6.45) is 3.78. The molecular formula is C20H26N4O5S. The van der Waals surface area contributed by atoms with Crippen molar-refractivity contribution in [2.24, 2.45) is 5.92 Å². The van der Waals surface area contributed by atoms with Crippen LogP contribution in [0.2, 0.25) is 0 Å². The first-order valence-corrected chi connectivity index (χ1v) is 11.3. The summed E-state index contributed by atoms with van der Waals surface area (Å²) < 4.78 is 27.6. The Morgan fingerprint density at radius 3 is 2.67 bits per heavy atom. The molecule has 2 atom stereocenters. The number of nitrogens with zero attached hydrogens (tertiary/aromatic N) is 1. The van der Waals surface area contributed by atoms with Crippen molar-refractivity contribution in [2.45, 2.75) is 36.1 Å². The zero-order chi connectivity index (χ0) is 21.9. The van der Waals surface area contributed by atoms with E-state index in [9.17, 15) is 22.8 Å². The predicted molar refractivity (Wildman–Crippen MR) is 111 cm³/mol. The fourth-order valence-electron chi connectivity index (χ4n) is 3.70. The maximum atomic E-state index is 12.9. The Labute approximate surface area is 175 Å². The molecule has 1 heterocycles. The van der Waals surface area contributed by atoms with Crippen LogP contribution in [0.3, 0.4) is 0 Å². The molecule has 0 radical (unpaired) electrons. The summed E-state index contributed by atoms with van der Waals surface area (Å²) in [5.74, 6) is -1.82.